The Hall–Kier alpha value is -1.97. The van der Waals surface area contributed by atoms with Crippen molar-refractivity contribution in [3.8, 4) is 0 Å². The molecule has 1 fully saturated rings. The van der Waals surface area contributed by atoms with Crippen LogP contribution in [0.4, 0.5) is 13.2 Å². The highest BCUT2D eigenvalue weighted by atomic mass is 32.2. The number of nitrogens with zero attached hydrogens (tertiary/aromatic N) is 2. The van der Waals surface area contributed by atoms with Crippen molar-refractivity contribution >= 4 is 31.6 Å². The quantitative estimate of drug-likeness (QED) is 0.619. The normalized spacial score (nSPS) is 19.0. The van der Waals surface area contributed by atoms with E-state index in [9.17, 15) is 21.6 Å². The van der Waals surface area contributed by atoms with E-state index in [1.807, 2.05) is 24.3 Å². The van der Waals surface area contributed by atoms with Gasteiger partial charge in [-0.05, 0) is 37.1 Å². The van der Waals surface area contributed by atoms with Crippen LogP contribution in [0.2, 0.25) is 0 Å². The number of hydrogen-bond acceptors (Lipinski definition) is 4. The third kappa shape index (κ3) is 3.24. The van der Waals surface area contributed by atoms with Crippen molar-refractivity contribution in [2.24, 2.45) is 0 Å². The molecule has 0 N–H and O–H groups in total. The minimum Gasteiger partial charge on any atom is -0.239 e. The molecular formula is C18H15F3N2O2S2. The van der Waals surface area contributed by atoms with Crippen molar-refractivity contribution in [2.75, 3.05) is 6.54 Å². The molecule has 2 aromatic carbocycles. The maximum absolute atomic E-state index is 13.3. The van der Waals surface area contributed by atoms with E-state index < -0.39 is 32.7 Å². The molecule has 0 spiro atoms. The van der Waals surface area contributed by atoms with Crippen LogP contribution in [0.15, 0.2) is 53.4 Å². The fourth-order valence-electron chi connectivity index (χ4n) is 3.36. The molecule has 0 saturated carbocycles. The summed E-state index contributed by atoms with van der Waals surface area (Å²) in [6.45, 7) is 0.176. The Morgan fingerprint density at radius 1 is 1.07 bits per heavy atom. The van der Waals surface area contributed by atoms with Gasteiger partial charge in [0.15, 0.2) is 0 Å². The van der Waals surface area contributed by atoms with Crippen LogP contribution in [0.3, 0.4) is 0 Å². The monoisotopic (exact) mass is 412 g/mol. The number of sulfonamides is 1. The van der Waals surface area contributed by atoms with Crippen LogP contribution in [0.1, 0.15) is 29.5 Å². The molecule has 0 radical (unpaired) electrons. The lowest BCUT2D eigenvalue weighted by molar-refractivity contribution is -0.139. The Kier molecular flexibility index (Phi) is 4.48. The third-order valence-corrected chi connectivity index (χ3v) is 7.68. The van der Waals surface area contributed by atoms with Gasteiger partial charge in [-0.2, -0.15) is 17.5 Å². The van der Waals surface area contributed by atoms with Crippen LogP contribution >= 0.6 is 11.3 Å². The molecule has 27 heavy (non-hydrogen) atoms. The number of para-hydroxylation sites is 1. The highest BCUT2D eigenvalue weighted by Crippen LogP contribution is 2.42. The van der Waals surface area contributed by atoms with E-state index in [1.165, 1.54) is 23.5 Å². The van der Waals surface area contributed by atoms with Gasteiger partial charge in [0.2, 0.25) is 10.0 Å². The summed E-state index contributed by atoms with van der Waals surface area (Å²) in [6, 6.07) is 11.2. The Bertz CT molecular complexity index is 1060. The second-order valence-electron chi connectivity index (χ2n) is 6.29. The van der Waals surface area contributed by atoms with Gasteiger partial charge < -0.3 is 0 Å². The number of aromatic nitrogens is 1. The van der Waals surface area contributed by atoms with E-state index in [2.05, 4.69) is 4.98 Å². The van der Waals surface area contributed by atoms with Crippen molar-refractivity contribution in [1.29, 1.82) is 0 Å². The van der Waals surface area contributed by atoms with Gasteiger partial charge in [-0.1, -0.05) is 24.3 Å². The lowest BCUT2D eigenvalue weighted by Gasteiger charge is -2.24. The molecule has 2 heterocycles. The summed E-state index contributed by atoms with van der Waals surface area (Å²) in [7, 11) is -4.31. The SMILES string of the molecule is O=S(=O)(c1ccccc1C(F)(F)F)N1CCC[C@@H]1c1nc2ccccc2s1. The molecule has 1 aliphatic rings. The summed E-state index contributed by atoms with van der Waals surface area (Å²) in [4.78, 5) is 3.81. The average Bonchev–Trinajstić information content (AvgIpc) is 3.27. The smallest absolute Gasteiger partial charge is 0.239 e. The standard InChI is InChI=1S/C18H15F3N2O2S2/c19-18(20,21)12-6-1-4-10-16(12)27(24,25)23-11-5-8-14(23)17-22-13-7-2-3-9-15(13)26-17/h1-4,6-7,9-10,14H,5,8,11H2/t14-/m1/s1. The zero-order valence-electron chi connectivity index (χ0n) is 14.0. The first-order valence-corrected chi connectivity index (χ1v) is 10.6. The molecule has 0 amide bonds. The summed E-state index contributed by atoms with van der Waals surface area (Å²) in [5.41, 5.74) is -0.377. The minimum absolute atomic E-state index is 0.176. The molecular weight excluding hydrogens is 397 g/mol. The van der Waals surface area contributed by atoms with Gasteiger partial charge in [-0.25, -0.2) is 13.4 Å². The summed E-state index contributed by atoms with van der Waals surface area (Å²) < 4.78 is 68.3. The predicted octanol–water partition coefficient (Wildman–Crippen LogP) is 4.84. The Morgan fingerprint density at radius 3 is 2.52 bits per heavy atom. The van der Waals surface area contributed by atoms with Gasteiger partial charge >= 0.3 is 6.18 Å². The van der Waals surface area contributed by atoms with Crippen LogP contribution in [0, 0.1) is 0 Å². The molecule has 1 atom stereocenters. The van der Waals surface area contributed by atoms with Crippen LogP contribution in [0.25, 0.3) is 10.2 Å². The molecule has 1 saturated heterocycles. The molecule has 1 aliphatic heterocycles. The van der Waals surface area contributed by atoms with E-state index in [-0.39, 0.29) is 6.54 Å². The molecule has 9 heteroatoms. The molecule has 1 aromatic heterocycles. The van der Waals surface area contributed by atoms with Gasteiger partial charge in [-0.3, -0.25) is 0 Å². The van der Waals surface area contributed by atoms with E-state index >= 15 is 0 Å². The van der Waals surface area contributed by atoms with Crippen molar-refractivity contribution in [3.63, 3.8) is 0 Å². The number of benzene rings is 2. The fourth-order valence-corrected chi connectivity index (χ4v) is 6.42. The Morgan fingerprint density at radius 2 is 1.78 bits per heavy atom. The van der Waals surface area contributed by atoms with Crippen LogP contribution < -0.4 is 0 Å². The molecule has 4 nitrogen and oxygen atoms in total. The molecule has 0 bridgehead atoms. The summed E-state index contributed by atoms with van der Waals surface area (Å²) in [5, 5.41) is 0.613. The Balaban J connectivity index is 1.78. The number of halogens is 3. The molecule has 0 unspecified atom stereocenters. The fraction of sp³-hybridized carbons (Fsp3) is 0.278. The first kappa shape index (κ1) is 18.4. The number of thiazole rings is 1. The van der Waals surface area contributed by atoms with Crippen molar-refractivity contribution in [1.82, 2.24) is 9.29 Å². The Labute approximate surface area is 158 Å². The van der Waals surface area contributed by atoms with Crippen LogP contribution in [-0.2, 0) is 16.2 Å². The number of rotatable bonds is 3. The maximum atomic E-state index is 13.3. The predicted molar refractivity (Wildman–Crippen MR) is 96.9 cm³/mol. The van der Waals surface area contributed by atoms with Crippen molar-refractivity contribution in [2.45, 2.75) is 30.0 Å². The third-order valence-electron chi connectivity index (χ3n) is 4.58. The highest BCUT2D eigenvalue weighted by molar-refractivity contribution is 7.89. The highest BCUT2D eigenvalue weighted by Gasteiger charge is 2.43. The largest absolute Gasteiger partial charge is 0.417 e. The average molecular weight is 412 g/mol. The molecule has 0 aliphatic carbocycles. The lowest BCUT2D eigenvalue weighted by Crippen LogP contribution is -2.32. The van der Waals surface area contributed by atoms with Gasteiger partial charge in [0.1, 0.15) is 5.01 Å². The molecule has 142 valence electrons. The van der Waals surface area contributed by atoms with E-state index in [1.54, 1.807) is 0 Å². The second-order valence-corrected chi connectivity index (χ2v) is 9.21. The minimum atomic E-state index is -4.74. The zero-order chi connectivity index (χ0) is 19.2. The first-order valence-electron chi connectivity index (χ1n) is 8.32. The van der Waals surface area contributed by atoms with Gasteiger partial charge in [0, 0.05) is 6.54 Å². The van der Waals surface area contributed by atoms with Gasteiger partial charge in [0.05, 0.1) is 26.7 Å². The van der Waals surface area contributed by atoms with Gasteiger partial charge in [0.25, 0.3) is 0 Å². The van der Waals surface area contributed by atoms with Crippen molar-refractivity contribution < 1.29 is 21.6 Å². The number of alkyl halides is 3. The summed E-state index contributed by atoms with van der Waals surface area (Å²) >= 11 is 1.38. The summed E-state index contributed by atoms with van der Waals surface area (Å²) in [5.74, 6) is 0. The van der Waals surface area contributed by atoms with E-state index in [4.69, 9.17) is 0 Å². The number of fused-ring (bicyclic) bond motifs is 1. The van der Waals surface area contributed by atoms with E-state index in [0.29, 0.717) is 17.8 Å². The molecule has 4 rings (SSSR count). The first-order chi connectivity index (χ1) is 12.8. The maximum Gasteiger partial charge on any atom is 0.417 e. The number of hydrogen-bond donors (Lipinski definition) is 0. The second kappa shape index (κ2) is 6.57. The zero-order valence-corrected chi connectivity index (χ0v) is 15.6. The van der Waals surface area contributed by atoms with Crippen molar-refractivity contribution in [3.05, 3.63) is 59.1 Å². The summed E-state index contributed by atoms with van der Waals surface area (Å²) in [6.07, 6.45) is -3.63. The topological polar surface area (TPSA) is 50.3 Å². The lowest BCUT2D eigenvalue weighted by atomic mass is 10.2. The van der Waals surface area contributed by atoms with Crippen LogP contribution in [0.5, 0.6) is 0 Å². The molecule has 3 aromatic rings. The van der Waals surface area contributed by atoms with Gasteiger partial charge in [-0.15, -0.1) is 11.3 Å². The van der Waals surface area contributed by atoms with Crippen LogP contribution in [-0.4, -0.2) is 24.3 Å². The van der Waals surface area contributed by atoms with E-state index in [0.717, 1.165) is 26.7 Å².